The average molecular weight is 496 g/mol. The molecule has 182 valence electrons. The molecule has 0 saturated heterocycles. The number of aromatic nitrogens is 1. The van der Waals surface area contributed by atoms with Crippen LogP contribution in [0.5, 0.6) is 0 Å². The first-order chi connectivity index (χ1) is 16.9. The van der Waals surface area contributed by atoms with Crippen LogP contribution in [0.3, 0.4) is 0 Å². The van der Waals surface area contributed by atoms with Crippen LogP contribution in [0.4, 0.5) is 10.2 Å². The number of aryl methyl sites for hydroxylation is 3. The van der Waals surface area contributed by atoms with E-state index in [1.165, 1.54) is 11.6 Å². The molecule has 0 fully saturated rings. The van der Waals surface area contributed by atoms with Gasteiger partial charge in [-0.05, 0) is 73.1 Å². The number of carboxylic acids is 1. The second-order valence-electron chi connectivity index (χ2n) is 8.70. The van der Waals surface area contributed by atoms with E-state index in [0.29, 0.717) is 0 Å². The van der Waals surface area contributed by atoms with E-state index in [0.717, 1.165) is 73.4 Å². The number of aliphatic carboxylic acids is 1. The fourth-order valence-electron chi connectivity index (χ4n) is 4.17. The first-order valence-corrected chi connectivity index (χ1v) is 12.1. The average Bonchev–Trinajstić information content (AvgIpc) is 2.84. The molecule has 0 spiro atoms. The number of carbonyl (C=O) groups excluding carboxylic acids is 1. The highest BCUT2D eigenvalue weighted by Crippen LogP contribution is 2.21. The lowest BCUT2D eigenvalue weighted by atomic mass is 10.0. The zero-order chi connectivity index (χ0) is 24.8. The molecule has 3 N–H and O–H groups in total. The molecular weight excluding hydrogens is 469 g/mol. The van der Waals surface area contributed by atoms with E-state index in [9.17, 15) is 19.1 Å². The van der Waals surface area contributed by atoms with Crippen molar-refractivity contribution in [3.63, 3.8) is 0 Å². The number of hydrogen-bond acceptors (Lipinski definition) is 4. The largest absolute Gasteiger partial charge is 0.480 e. The SMILES string of the molecule is O=C(N[C@@H](Cc1ccc(CCCc2ccc3c(n2)NCCC3)cc1)C(=O)O)c1ccc(F)cc1Cl. The molecule has 0 unspecified atom stereocenters. The molecule has 1 amide bonds. The summed E-state index contributed by atoms with van der Waals surface area (Å²) in [5.74, 6) is -1.38. The summed E-state index contributed by atoms with van der Waals surface area (Å²) in [6, 6.07) is 14.2. The highest BCUT2D eigenvalue weighted by atomic mass is 35.5. The standard InChI is InChI=1S/C27H27ClFN3O3/c28-23-16-20(29)11-13-22(23)26(33)32-24(27(34)35)15-18-8-6-17(7-9-18)3-1-5-21-12-10-19-4-2-14-30-25(19)31-21/h6-13,16,24H,1-5,14-15H2,(H,30,31)(H,32,33)(H,34,35)/t24-/m0/s1. The first kappa shape index (κ1) is 24.7. The van der Waals surface area contributed by atoms with Crippen molar-refractivity contribution in [3.8, 4) is 0 Å². The minimum Gasteiger partial charge on any atom is -0.480 e. The summed E-state index contributed by atoms with van der Waals surface area (Å²) in [6.07, 6.45) is 5.06. The summed E-state index contributed by atoms with van der Waals surface area (Å²) in [7, 11) is 0. The van der Waals surface area contributed by atoms with Crippen LogP contribution in [0.1, 0.15) is 45.6 Å². The predicted octanol–water partition coefficient (Wildman–Crippen LogP) is 4.83. The summed E-state index contributed by atoms with van der Waals surface area (Å²) in [6.45, 7) is 0.974. The Morgan fingerprint density at radius 3 is 2.60 bits per heavy atom. The molecule has 1 aliphatic rings. The quantitative estimate of drug-likeness (QED) is 0.395. The third kappa shape index (κ3) is 6.57. The number of nitrogens with zero attached hydrogens (tertiary/aromatic N) is 1. The van der Waals surface area contributed by atoms with E-state index in [4.69, 9.17) is 16.6 Å². The highest BCUT2D eigenvalue weighted by Gasteiger charge is 2.22. The Kier molecular flexibility index (Phi) is 7.98. The van der Waals surface area contributed by atoms with Crippen LogP contribution in [0.2, 0.25) is 5.02 Å². The Morgan fingerprint density at radius 1 is 1.09 bits per heavy atom. The molecule has 4 rings (SSSR count). The molecule has 2 aromatic carbocycles. The molecule has 0 radical (unpaired) electrons. The van der Waals surface area contributed by atoms with Gasteiger partial charge in [0, 0.05) is 18.7 Å². The number of rotatable bonds is 9. The summed E-state index contributed by atoms with van der Waals surface area (Å²) < 4.78 is 13.2. The van der Waals surface area contributed by atoms with Crippen molar-refractivity contribution in [2.24, 2.45) is 0 Å². The van der Waals surface area contributed by atoms with Gasteiger partial charge in [-0.25, -0.2) is 14.2 Å². The van der Waals surface area contributed by atoms with Gasteiger partial charge in [0.05, 0.1) is 10.6 Å². The third-order valence-electron chi connectivity index (χ3n) is 6.09. The van der Waals surface area contributed by atoms with Crippen molar-refractivity contribution in [1.82, 2.24) is 10.3 Å². The maximum Gasteiger partial charge on any atom is 0.326 e. The van der Waals surface area contributed by atoms with Gasteiger partial charge in [-0.15, -0.1) is 0 Å². The number of carbonyl (C=O) groups is 2. The summed E-state index contributed by atoms with van der Waals surface area (Å²) in [5, 5.41) is 15.3. The van der Waals surface area contributed by atoms with Crippen LogP contribution in [-0.2, 0) is 30.5 Å². The van der Waals surface area contributed by atoms with Gasteiger partial charge in [0.15, 0.2) is 0 Å². The second kappa shape index (κ2) is 11.3. The van der Waals surface area contributed by atoms with E-state index >= 15 is 0 Å². The Hall–Kier alpha value is -3.45. The number of fused-ring (bicyclic) bond motifs is 1. The Bertz CT molecular complexity index is 1220. The van der Waals surface area contributed by atoms with Gasteiger partial charge in [0.1, 0.15) is 17.7 Å². The number of hydrogen-bond donors (Lipinski definition) is 3. The maximum atomic E-state index is 13.2. The number of benzene rings is 2. The van der Waals surface area contributed by atoms with E-state index in [2.05, 4.69) is 22.8 Å². The normalized spacial score (nSPS) is 13.4. The summed E-state index contributed by atoms with van der Waals surface area (Å²) in [4.78, 5) is 28.9. The minimum absolute atomic E-state index is 0.0267. The topological polar surface area (TPSA) is 91.3 Å². The number of halogens is 2. The number of amides is 1. The molecule has 2 heterocycles. The molecular formula is C27H27ClFN3O3. The molecule has 1 aromatic heterocycles. The number of carboxylic acid groups (broad SMARTS) is 1. The van der Waals surface area contributed by atoms with E-state index in [1.54, 1.807) is 0 Å². The van der Waals surface area contributed by atoms with E-state index in [1.807, 2.05) is 24.3 Å². The van der Waals surface area contributed by atoms with Crippen LogP contribution >= 0.6 is 11.6 Å². The smallest absolute Gasteiger partial charge is 0.326 e. The number of nitrogens with one attached hydrogen (secondary N) is 2. The Morgan fingerprint density at radius 2 is 1.86 bits per heavy atom. The van der Waals surface area contributed by atoms with Gasteiger partial charge in [-0.2, -0.15) is 0 Å². The van der Waals surface area contributed by atoms with Gasteiger partial charge in [0.25, 0.3) is 5.91 Å². The van der Waals surface area contributed by atoms with Crippen LogP contribution in [-0.4, -0.2) is 34.6 Å². The number of anilines is 1. The molecule has 35 heavy (non-hydrogen) atoms. The zero-order valence-corrected chi connectivity index (χ0v) is 19.9. The van der Waals surface area contributed by atoms with Crippen LogP contribution < -0.4 is 10.6 Å². The van der Waals surface area contributed by atoms with Crippen molar-refractivity contribution < 1.29 is 19.1 Å². The fraction of sp³-hybridized carbons (Fsp3) is 0.296. The Labute approximate surface area is 208 Å². The van der Waals surface area contributed by atoms with Crippen molar-refractivity contribution in [2.75, 3.05) is 11.9 Å². The monoisotopic (exact) mass is 495 g/mol. The maximum absolute atomic E-state index is 13.2. The molecule has 8 heteroatoms. The van der Waals surface area contributed by atoms with Crippen LogP contribution in [0, 0.1) is 5.82 Å². The highest BCUT2D eigenvalue weighted by molar-refractivity contribution is 6.33. The second-order valence-corrected chi connectivity index (χ2v) is 9.11. The molecule has 6 nitrogen and oxygen atoms in total. The lowest BCUT2D eigenvalue weighted by Gasteiger charge is -2.17. The van der Waals surface area contributed by atoms with E-state index in [-0.39, 0.29) is 17.0 Å². The third-order valence-corrected chi connectivity index (χ3v) is 6.40. The number of pyridine rings is 1. The summed E-state index contributed by atoms with van der Waals surface area (Å²) >= 11 is 5.92. The molecule has 0 aliphatic carbocycles. The van der Waals surface area contributed by atoms with Gasteiger partial charge >= 0.3 is 5.97 Å². The van der Waals surface area contributed by atoms with E-state index < -0.39 is 23.7 Å². The van der Waals surface area contributed by atoms with Crippen LogP contribution in [0.15, 0.2) is 54.6 Å². The van der Waals surface area contributed by atoms with Gasteiger partial charge in [0.2, 0.25) is 0 Å². The lowest BCUT2D eigenvalue weighted by Crippen LogP contribution is -2.42. The minimum atomic E-state index is -1.16. The predicted molar refractivity (Wildman–Crippen MR) is 134 cm³/mol. The summed E-state index contributed by atoms with van der Waals surface area (Å²) in [5.41, 5.74) is 4.33. The lowest BCUT2D eigenvalue weighted by molar-refractivity contribution is -0.139. The van der Waals surface area contributed by atoms with Gasteiger partial charge < -0.3 is 15.7 Å². The van der Waals surface area contributed by atoms with Crippen molar-refractivity contribution in [2.45, 2.75) is 44.6 Å². The molecule has 1 aliphatic heterocycles. The van der Waals surface area contributed by atoms with Crippen molar-refractivity contribution in [1.29, 1.82) is 0 Å². The van der Waals surface area contributed by atoms with Crippen molar-refractivity contribution >= 4 is 29.3 Å². The van der Waals surface area contributed by atoms with Gasteiger partial charge in [-0.3, -0.25) is 4.79 Å². The van der Waals surface area contributed by atoms with Crippen molar-refractivity contribution in [3.05, 3.63) is 93.4 Å². The molecule has 0 saturated carbocycles. The molecule has 0 bridgehead atoms. The van der Waals surface area contributed by atoms with Gasteiger partial charge in [-0.1, -0.05) is 41.9 Å². The fourth-order valence-corrected chi connectivity index (χ4v) is 4.42. The zero-order valence-electron chi connectivity index (χ0n) is 19.2. The molecule has 3 aromatic rings. The first-order valence-electron chi connectivity index (χ1n) is 11.7. The molecule has 1 atom stereocenters. The van der Waals surface area contributed by atoms with Crippen LogP contribution in [0.25, 0.3) is 0 Å². The Balaban J connectivity index is 1.30.